The van der Waals surface area contributed by atoms with E-state index >= 15 is 0 Å². The number of nitrogens with zero attached hydrogens (tertiary/aromatic N) is 4. The van der Waals surface area contributed by atoms with Gasteiger partial charge in [0.15, 0.2) is 0 Å². The van der Waals surface area contributed by atoms with E-state index in [-0.39, 0.29) is 17.7 Å². The summed E-state index contributed by atoms with van der Waals surface area (Å²) >= 11 is 0. The van der Waals surface area contributed by atoms with Crippen molar-refractivity contribution in [1.82, 2.24) is 14.8 Å². The number of hydrogen-bond donors (Lipinski definition) is 2. The highest BCUT2D eigenvalue weighted by Crippen LogP contribution is 2.59. The van der Waals surface area contributed by atoms with Crippen molar-refractivity contribution in [3.8, 4) is 0 Å². The summed E-state index contributed by atoms with van der Waals surface area (Å²) in [4.78, 5) is 47.9. The number of aromatic nitrogens is 1. The second-order valence-corrected chi connectivity index (χ2v) is 10.1. The van der Waals surface area contributed by atoms with Gasteiger partial charge in [0, 0.05) is 55.4 Å². The zero-order valence-corrected chi connectivity index (χ0v) is 19.6. The van der Waals surface area contributed by atoms with Crippen LogP contribution in [-0.4, -0.2) is 83.5 Å². The molecule has 5 rings (SSSR count). The molecule has 3 fully saturated rings. The van der Waals surface area contributed by atoms with Gasteiger partial charge in [-0.15, -0.1) is 0 Å². The van der Waals surface area contributed by atoms with Gasteiger partial charge in [-0.1, -0.05) is 18.2 Å². The molecule has 9 nitrogen and oxygen atoms in total. The first-order valence-electron chi connectivity index (χ1n) is 11.8. The minimum Gasteiger partial charge on any atom is -0.481 e. The lowest BCUT2D eigenvalue weighted by molar-refractivity contribution is -0.156. The average Bonchev–Trinajstić information content (AvgIpc) is 3.50. The number of aryl methyl sites for hydroxylation is 1. The molecule has 1 aliphatic carbocycles. The molecular formula is C25H31N5O4. The molecule has 2 amide bonds. The predicted molar refractivity (Wildman–Crippen MR) is 127 cm³/mol. The number of amides is 2. The summed E-state index contributed by atoms with van der Waals surface area (Å²) in [6.45, 7) is 4.89. The van der Waals surface area contributed by atoms with Gasteiger partial charge in [0.25, 0.3) is 0 Å². The highest BCUT2D eigenvalue weighted by Gasteiger charge is 2.63. The van der Waals surface area contributed by atoms with E-state index in [9.17, 15) is 19.5 Å². The Hall–Kier alpha value is -3.20. The molecule has 3 aliphatic rings. The third-order valence-corrected chi connectivity index (χ3v) is 7.90. The topological polar surface area (TPSA) is 120 Å². The highest BCUT2D eigenvalue weighted by atomic mass is 16.4. The number of carboxylic acids is 1. The molecule has 0 radical (unpaired) electrons. The fourth-order valence-electron chi connectivity index (χ4n) is 6.15. The zero-order valence-electron chi connectivity index (χ0n) is 19.6. The summed E-state index contributed by atoms with van der Waals surface area (Å²) in [5.41, 5.74) is 8.11. The lowest BCUT2D eigenvalue weighted by Crippen LogP contribution is -2.60. The standard InChI is InChI=1S/C25H31N5O4/c1-15-11-20(16-5-3-4-6-19(16)27-15)29-7-9-30(10-8-29)23(32)21-17(24(33)34)12-25(14-28(21)2)13-18(25)22(26)31/h3-6,11,17-18,21H,7-10,12-14H2,1-2H3,(H2,26,31)(H,33,34). The summed E-state index contributed by atoms with van der Waals surface area (Å²) in [5, 5.41) is 11.0. The molecule has 4 unspecified atom stereocenters. The molecule has 2 aromatic rings. The van der Waals surface area contributed by atoms with Gasteiger partial charge >= 0.3 is 5.97 Å². The van der Waals surface area contributed by atoms with Gasteiger partial charge in [0.05, 0.1) is 11.4 Å². The first-order valence-corrected chi connectivity index (χ1v) is 11.8. The fraction of sp³-hybridized carbons (Fsp3) is 0.520. The number of anilines is 1. The number of carbonyl (C=O) groups is 3. The normalized spacial score (nSPS) is 29.4. The lowest BCUT2D eigenvalue weighted by Gasteiger charge is -2.44. The van der Waals surface area contributed by atoms with E-state index < -0.39 is 23.3 Å². The number of hydrogen-bond acceptors (Lipinski definition) is 6. The van der Waals surface area contributed by atoms with E-state index in [0.29, 0.717) is 45.6 Å². The lowest BCUT2D eigenvalue weighted by atomic mass is 9.79. The maximum absolute atomic E-state index is 13.5. The van der Waals surface area contributed by atoms with E-state index in [1.165, 1.54) is 0 Å². The van der Waals surface area contributed by atoms with Crippen LogP contribution in [0.4, 0.5) is 5.69 Å². The Morgan fingerprint density at radius 2 is 1.82 bits per heavy atom. The van der Waals surface area contributed by atoms with Crippen molar-refractivity contribution >= 4 is 34.4 Å². The highest BCUT2D eigenvalue weighted by molar-refractivity contribution is 5.92. The van der Waals surface area contributed by atoms with Gasteiger partial charge < -0.3 is 20.6 Å². The molecule has 1 aromatic carbocycles. The summed E-state index contributed by atoms with van der Waals surface area (Å²) < 4.78 is 0. The quantitative estimate of drug-likeness (QED) is 0.693. The van der Waals surface area contributed by atoms with Crippen molar-refractivity contribution in [3.05, 3.63) is 36.0 Å². The number of nitrogens with two attached hydrogens (primary N) is 1. The number of para-hydroxylation sites is 1. The van der Waals surface area contributed by atoms with E-state index in [4.69, 9.17) is 5.73 Å². The Balaban J connectivity index is 1.30. The number of pyridine rings is 1. The van der Waals surface area contributed by atoms with Crippen LogP contribution in [0.25, 0.3) is 10.9 Å². The van der Waals surface area contributed by atoms with E-state index in [0.717, 1.165) is 22.3 Å². The van der Waals surface area contributed by atoms with Crippen LogP contribution in [0.5, 0.6) is 0 Å². The Bertz CT molecular complexity index is 1160. The maximum atomic E-state index is 13.5. The molecule has 4 atom stereocenters. The number of rotatable bonds is 4. The molecule has 1 spiro atoms. The van der Waals surface area contributed by atoms with E-state index in [1.54, 1.807) is 11.9 Å². The molecule has 34 heavy (non-hydrogen) atoms. The number of carbonyl (C=O) groups excluding carboxylic acids is 2. The number of piperidine rings is 1. The van der Waals surface area contributed by atoms with Crippen molar-refractivity contribution in [1.29, 1.82) is 0 Å². The van der Waals surface area contributed by atoms with Crippen LogP contribution in [0, 0.1) is 24.2 Å². The van der Waals surface area contributed by atoms with Crippen LogP contribution < -0.4 is 10.6 Å². The summed E-state index contributed by atoms with van der Waals surface area (Å²) in [6, 6.07) is 9.41. The van der Waals surface area contributed by atoms with Crippen LogP contribution in [0.2, 0.25) is 0 Å². The Kier molecular flexibility index (Phi) is 5.47. The van der Waals surface area contributed by atoms with Crippen molar-refractivity contribution in [3.63, 3.8) is 0 Å². The molecule has 9 heteroatoms. The van der Waals surface area contributed by atoms with Crippen molar-refractivity contribution in [2.45, 2.75) is 25.8 Å². The first kappa shape index (κ1) is 22.6. The first-order chi connectivity index (χ1) is 16.2. The Labute approximate surface area is 198 Å². The van der Waals surface area contributed by atoms with Crippen molar-refractivity contribution < 1.29 is 19.5 Å². The SMILES string of the molecule is Cc1cc(N2CCN(C(=O)C3C(C(=O)O)CC4(CC4C(N)=O)CN3C)CC2)c2ccccc2n1. The molecule has 2 aliphatic heterocycles. The Morgan fingerprint density at radius 3 is 2.47 bits per heavy atom. The summed E-state index contributed by atoms with van der Waals surface area (Å²) in [6.07, 6.45) is 0.925. The number of benzene rings is 1. The molecular weight excluding hydrogens is 434 g/mol. The minimum absolute atomic E-state index is 0.142. The number of carboxylic acid groups (broad SMARTS) is 1. The minimum atomic E-state index is -0.989. The molecule has 0 bridgehead atoms. The third kappa shape index (κ3) is 3.77. The fourth-order valence-corrected chi connectivity index (χ4v) is 6.15. The number of piperazine rings is 1. The van der Waals surface area contributed by atoms with Gasteiger partial charge in [0.2, 0.25) is 11.8 Å². The Morgan fingerprint density at radius 1 is 1.12 bits per heavy atom. The van der Waals surface area contributed by atoms with Gasteiger partial charge in [0.1, 0.15) is 6.04 Å². The zero-order chi connectivity index (χ0) is 24.2. The van der Waals surface area contributed by atoms with Crippen LogP contribution in [0.15, 0.2) is 30.3 Å². The molecule has 3 N–H and O–H groups in total. The van der Waals surface area contributed by atoms with Crippen LogP contribution >= 0.6 is 0 Å². The largest absolute Gasteiger partial charge is 0.481 e. The second kappa shape index (κ2) is 8.23. The molecule has 1 saturated carbocycles. The number of aliphatic carboxylic acids is 1. The van der Waals surface area contributed by atoms with Gasteiger partial charge in [-0.2, -0.15) is 0 Å². The number of primary amides is 1. The number of likely N-dealkylation sites (tertiary alicyclic amines) is 1. The molecule has 180 valence electrons. The number of fused-ring (bicyclic) bond motifs is 1. The van der Waals surface area contributed by atoms with Crippen molar-refractivity contribution in [2.75, 3.05) is 44.7 Å². The van der Waals surface area contributed by atoms with Crippen LogP contribution in [0.3, 0.4) is 0 Å². The number of likely N-dealkylation sites (N-methyl/N-ethyl adjacent to an activating group) is 1. The van der Waals surface area contributed by atoms with Crippen molar-refractivity contribution in [2.24, 2.45) is 23.0 Å². The third-order valence-electron chi connectivity index (χ3n) is 7.90. The maximum Gasteiger partial charge on any atom is 0.308 e. The molecule has 1 aromatic heterocycles. The van der Waals surface area contributed by atoms with Gasteiger partial charge in [-0.3, -0.25) is 24.3 Å². The average molecular weight is 466 g/mol. The van der Waals surface area contributed by atoms with Gasteiger partial charge in [-0.05, 0) is 44.4 Å². The van der Waals surface area contributed by atoms with Crippen LogP contribution in [0.1, 0.15) is 18.5 Å². The summed E-state index contributed by atoms with van der Waals surface area (Å²) in [5.74, 6) is -2.65. The molecule has 2 saturated heterocycles. The predicted octanol–water partition coefficient (Wildman–Crippen LogP) is 1.09. The van der Waals surface area contributed by atoms with E-state index in [2.05, 4.69) is 22.0 Å². The summed E-state index contributed by atoms with van der Waals surface area (Å²) in [7, 11) is 1.79. The van der Waals surface area contributed by atoms with Gasteiger partial charge in [-0.25, -0.2) is 0 Å². The second-order valence-electron chi connectivity index (χ2n) is 10.1. The van der Waals surface area contributed by atoms with E-state index in [1.807, 2.05) is 30.0 Å². The molecule has 3 heterocycles. The smallest absolute Gasteiger partial charge is 0.308 e. The monoisotopic (exact) mass is 465 g/mol. The van der Waals surface area contributed by atoms with Crippen LogP contribution in [-0.2, 0) is 14.4 Å².